The molecule has 0 aliphatic carbocycles. The SMILES string of the molecule is CCOC[C@H](Nc1c(N)cnc2ccccc12)C(C)C. The smallest absolute Gasteiger partial charge is 0.0743 e. The topological polar surface area (TPSA) is 60.2 Å². The van der Waals surface area contributed by atoms with Gasteiger partial charge < -0.3 is 15.8 Å². The van der Waals surface area contributed by atoms with Crippen LogP contribution >= 0.6 is 0 Å². The minimum atomic E-state index is 0.225. The molecule has 0 spiro atoms. The second-order valence-electron chi connectivity index (χ2n) is 5.26. The van der Waals surface area contributed by atoms with E-state index in [1.165, 1.54) is 0 Å². The van der Waals surface area contributed by atoms with Crippen molar-refractivity contribution in [3.63, 3.8) is 0 Å². The first-order valence-electron chi connectivity index (χ1n) is 7.11. The third-order valence-electron chi connectivity index (χ3n) is 3.44. The molecule has 0 bridgehead atoms. The number of anilines is 2. The average molecular weight is 273 g/mol. The number of hydrogen-bond donors (Lipinski definition) is 2. The minimum absolute atomic E-state index is 0.225. The third kappa shape index (κ3) is 3.20. The highest BCUT2D eigenvalue weighted by Gasteiger charge is 2.16. The summed E-state index contributed by atoms with van der Waals surface area (Å²) in [5.74, 6) is 0.452. The first-order chi connectivity index (χ1) is 9.63. The zero-order valence-corrected chi connectivity index (χ0v) is 12.4. The molecule has 0 saturated heterocycles. The van der Waals surface area contributed by atoms with Crippen LogP contribution in [0.15, 0.2) is 30.5 Å². The largest absolute Gasteiger partial charge is 0.396 e. The Labute approximate surface area is 120 Å². The maximum absolute atomic E-state index is 6.10. The van der Waals surface area contributed by atoms with Gasteiger partial charge in [0, 0.05) is 12.0 Å². The summed E-state index contributed by atoms with van der Waals surface area (Å²) in [6.07, 6.45) is 1.71. The van der Waals surface area contributed by atoms with E-state index in [4.69, 9.17) is 10.5 Å². The standard InChI is InChI=1S/C16H23N3O/c1-4-20-10-15(11(2)3)19-16-12-7-5-6-8-14(12)18-9-13(16)17/h5-9,11,15H,4,10,17H2,1-3H3,(H,18,19)/t15-/m0/s1. The van der Waals surface area contributed by atoms with Crippen LogP contribution in [-0.2, 0) is 4.74 Å². The molecular formula is C16H23N3O. The number of hydrogen-bond acceptors (Lipinski definition) is 4. The molecule has 2 aromatic rings. The fourth-order valence-electron chi connectivity index (χ4n) is 2.15. The molecule has 0 aliphatic rings. The molecule has 108 valence electrons. The molecule has 4 heteroatoms. The highest BCUT2D eigenvalue weighted by Crippen LogP contribution is 2.29. The number of benzene rings is 1. The van der Waals surface area contributed by atoms with Crippen molar-refractivity contribution in [1.82, 2.24) is 4.98 Å². The van der Waals surface area contributed by atoms with Gasteiger partial charge in [0.1, 0.15) is 0 Å². The Morgan fingerprint density at radius 2 is 2.05 bits per heavy atom. The van der Waals surface area contributed by atoms with Crippen molar-refractivity contribution in [3.05, 3.63) is 30.5 Å². The molecule has 0 unspecified atom stereocenters. The van der Waals surface area contributed by atoms with Gasteiger partial charge in [0.25, 0.3) is 0 Å². The zero-order chi connectivity index (χ0) is 14.5. The molecule has 1 aromatic heterocycles. The van der Waals surface area contributed by atoms with Crippen LogP contribution in [0.25, 0.3) is 10.9 Å². The Hall–Kier alpha value is -1.81. The number of aromatic nitrogens is 1. The van der Waals surface area contributed by atoms with E-state index < -0.39 is 0 Å². The predicted molar refractivity (Wildman–Crippen MR) is 84.9 cm³/mol. The van der Waals surface area contributed by atoms with Gasteiger partial charge in [-0.1, -0.05) is 32.0 Å². The maximum atomic E-state index is 6.10. The van der Waals surface area contributed by atoms with Crippen LogP contribution in [0.1, 0.15) is 20.8 Å². The Morgan fingerprint density at radius 1 is 1.30 bits per heavy atom. The van der Waals surface area contributed by atoms with Crippen LogP contribution in [0, 0.1) is 5.92 Å². The van der Waals surface area contributed by atoms with Gasteiger partial charge in [0.15, 0.2) is 0 Å². The van der Waals surface area contributed by atoms with Crippen LogP contribution < -0.4 is 11.1 Å². The summed E-state index contributed by atoms with van der Waals surface area (Å²) >= 11 is 0. The van der Waals surface area contributed by atoms with Gasteiger partial charge in [-0.25, -0.2) is 0 Å². The molecule has 0 saturated carbocycles. The molecule has 20 heavy (non-hydrogen) atoms. The van der Waals surface area contributed by atoms with Gasteiger partial charge in [-0.05, 0) is 18.9 Å². The lowest BCUT2D eigenvalue weighted by atomic mass is 10.0. The zero-order valence-electron chi connectivity index (χ0n) is 12.4. The van der Waals surface area contributed by atoms with Crippen molar-refractivity contribution >= 4 is 22.3 Å². The highest BCUT2D eigenvalue weighted by atomic mass is 16.5. The van der Waals surface area contributed by atoms with Crippen molar-refractivity contribution in [1.29, 1.82) is 0 Å². The number of nitrogens with two attached hydrogens (primary N) is 1. The molecule has 0 fully saturated rings. The van der Waals surface area contributed by atoms with Gasteiger partial charge >= 0.3 is 0 Å². The molecular weight excluding hydrogens is 250 g/mol. The Morgan fingerprint density at radius 3 is 2.75 bits per heavy atom. The number of pyridine rings is 1. The van der Waals surface area contributed by atoms with Gasteiger partial charge in [-0.3, -0.25) is 4.98 Å². The average Bonchev–Trinajstić information content (AvgIpc) is 2.45. The summed E-state index contributed by atoms with van der Waals surface area (Å²) in [4.78, 5) is 4.36. The first-order valence-corrected chi connectivity index (χ1v) is 7.11. The molecule has 2 rings (SSSR count). The summed E-state index contributed by atoms with van der Waals surface area (Å²) in [5.41, 5.74) is 8.67. The molecule has 3 N–H and O–H groups in total. The van der Waals surface area contributed by atoms with Crippen LogP contribution in [0.2, 0.25) is 0 Å². The van der Waals surface area contributed by atoms with E-state index in [1.807, 2.05) is 31.2 Å². The summed E-state index contributed by atoms with van der Waals surface area (Å²) in [6, 6.07) is 8.24. The van der Waals surface area contributed by atoms with Gasteiger partial charge in [0.2, 0.25) is 0 Å². The van der Waals surface area contributed by atoms with E-state index in [0.29, 0.717) is 18.2 Å². The van der Waals surface area contributed by atoms with Crippen LogP contribution in [0.5, 0.6) is 0 Å². The van der Waals surface area contributed by atoms with Gasteiger partial charge in [0.05, 0.1) is 35.7 Å². The summed E-state index contributed by atoms with van der Waals surface area (Å²) in [5, 5.41) is 4.59. The molecule has 0 amide bonds. The van der Waals surface area contributed by atoms with E-state index in [1.54, 1.807) is 6.20 Å². The van der Waals surface area contributed by atoms with Gasteiger partial charge in [-0.2, -0.15) is 0 Å². The Balaban J connectivity index is 2.33. The lowest BCUT2D eigenvalue weighted by molar-refractivity contribution is 0.127. The summed E-state index contributed by atoms with van der Waals surface area (Å²) in [6.45, 7) is 7.75. The van der Waals surface area contributed by atoms with E-state index in [-0.39, 0.29) is 6.04 Å². The van der Waals surface area contributed by atoms with Crippen molar-refractivity contribution in [2.75, 3.05) is 24.3 Å². The second-order valence-corrected chi connectivity index (χ2v) is 5.26. The number of ether oxygens (including phenoxy) is 1. The van der Waals surface area contributed by atoms with E-state index in [9.17, 15) is 0 Å². The van der Waals surface area contributed by atoms with Gasteiger partial charge in [-0.15, -0.1) is 0 Å². The molecule has 4 nitrogen and oxygen atoms in total. The van der Waals surface area contributed by atoms with Crippen LogP contribution in [-0.4, -0.2) is 24.2 Å². The third-order valence-corrected chi connectivity index (χ3v) is 3.44. The van der Waals surface area contributed by atoms with Crippen molar-refractivity contribution < 1.29 is 4.74 Å². The second kappa shape index (κ2) is 6.57. The number of rotatable bonds is 6. The summed E-state index contributed by atoms with van der Waals surface area (Å²) in [7, 11) is 0. The van der Waals surface area contributed by atoms with E-state index >= 15 is 0 Å². The van der Waals surface area contributed by atoms with E-state index in [0.717, 1.165) is 23.2 Å². The lowest BCUT2D eigenvalue weighted by Crippen LogP contribution is -2.31. The predicted octanol–water partition coefficient (Wildman–Crippen LogP) is 3.29. The van der Waals surface area contributed by atoms with Crippen molar-refractivity contribution in [2.24, 2.45) is 5.92 Å². The number of nitrogens with one attached hydrogen (secondary N) is 1. The van der Waals surface area contributed by atoms with Crippen LogP contribution in [0.3, 0.4) is 0 Å². The fraction of sp³-hybridized carbons (Fsp3) is 0.438. The minimum Gasteiger partial charge on any atom is -0.396 e. The van der Waals surface area contributed by atoms with E-state index in [2.05, 4.69) is 24.1 Å². The molecule has 1 heterocycles. The lowest BCUT2D eigenvalue weighted by Gasteiger charge is -2.25. The molecule has 0 aliphatic heterocycles. The molecule has 1 aromatic carbocycles. The van der Waals surface area contributed by atoms with Crippen LogP contribution in [0.4, 0.5) is 11.4 Å². The molecule has 1 atom stereocenters. The maximum Gasteiger partial charge on any atom is 0.0743 e. The molecule has 0 radical (unpaired) electrons. The number of nitrogens with zero attached hydrogens (tertiary/aromatic N) is 1. The fourth-order valence-corrected chi connectivity index (χ4v) is 2.15. The monoisotopic (exact) mass is 273 g/mol. The normalized spacial score (nSPS) is 12.8. The Bertz CT molecular complexity index is 569. The van der Waals surface area contributed by atoms with Crippen molar-refractivity contribution in [3.8, 4) is 0 Å². The number of para-hydroxylation sites is 1. The Kier molecular flexibility index (Phi) is 4.79. The number of nitrogen functional groups attached to an aromatic ring is 1. The summed E-state index contributed by atoms with van der Waals surface area (Å²) < 4.78 is 5.56. The first kappa shape index (κ1) is 14.6. The number of fused-ring (bicyclic) bond motifs is 1. The quantitative estimate of drug-likeness (QED) is 0.848. The highest BCUT2D eigenvalue weighted by molar-refractivity contribution is 5.96. The van der Waals surface area contributed by atoms with Crippen molar-refractivity contribution in [2.45, 2.75) is 26.8 Å².